The Bertz CT molecular complexity index is 853. The third-order valence-corrected chi connectivity index (χ3v) is 5.33. The van der Waals surface area contributed by atoms with Crippen LogP contribution in [0.3, 0.4) is 0 Å². The zero-order chi connectivity index (χ0) is 19.9. The molecule has 7 heteroatoms. The number of amides is 2. The molecule has 146 valence electrons. The van der Waals surface area contributed by atoms with Gasteiger partial charge in [0.1, 0.15) is 11.0 Å². The number of para-hydroxylation sites is 1. The number of ether oxygens (including phenoxy) is 1. The molecule has 1 atom stereocenters. The van der Waals surface area contributed by atoms with E-state index >= 15 is 0 Å². The molecule has 0 aromatic heterocycles. The van der Waals surface area contributed by atoms with E-state index in [1.807, 2.05) is 49.4 Å². The van der Waals surface area contributed by atoms with Gasteiger partial charge in [0.2, 0.25) is 11.8 Å². The summed E-state index contributed by atoms with van der Waals surface area (Å²) in [6, 6.07) is 16.7. The summed E-state index contributed by atoms with van der Waals surface area (Å²) in [4.78, 5) is 30.9. The summed E-state index contributed by atoms with van der Waals surface area (Å²) in [6.45, 7) is 2.71. The van der Waals surface area contributed by atoms with Crippen LogP contribution in [0.25, 0.3) is 0 Å². The first-order chi connectivity index (χ1) is 13.6. The van der Waals surface area contributed by atoms with E-state index in [2.05, 4.69) is 10.3 Å². The average Bonchev–Trinajstić information content (AvgIpc) is 2.96. The molecule has 0 unspecified atom stereocenters. The maximum atomic E-state index is 12.5. The maximum Gasteiger partial charge on any atom is 0.242 e. The molecular formula is C21H23N3O3S. The summed E-state index contributed by atoms with van der Waals surface area (Å²) < 4.78 is 5.53. The molecule has 0 aliphatic carbocycles. The predicted molar refractivity (Wildman–Crippen MR) is 113 cm³/mol. The number of carbonyl (C=O) groups excluding carboxylic acids is 2. The Balaban J connectivity index is 1.58. The summed E-state index contributed by atoms with van der Waals surface area (Å²) in [6.07, 6.45) is 1.03. The van der Waals surface area contributed by atoms with Crippen molar-refractivity contribution in [2.24, 2.45) is 4.99 Å². The molecule has 1 aliphatic heterocycles. The molecule has 2 amide bonds. The fraction of sp³-hybridized carbons (Fsp3) is 0.286. The third kappa shape index (κ3) is 5.13. The molecular weight excluding hydrogens is 374 g/mol. The highest BCUT2D eigenvalue weighted by atomic mass is 32.2. The topological polar surface area (TPSA) is 71.0 Å². The van der Waals surface area contributed by atoms with E-state index in [4.69, 9.17) is 4.74 Å². The van der Waals surface area contributed by atoms with Gasteiger partial charge in [0, 0.05) is 19.2 Å². The SMILES string of the molecule is CCCOc1ccc(NC(=O)C[C@@H]2SC(=Nc3ccccc3)N(C)C2=O)cc1. The van der Waals surface area contributed by atoms with Crippen LogP contribution in [-0.4, -0.2) is 40.8 Å². The number of carbonyl (C=O) groups is 2. The number of aliphatic imine (C=N–C) groups is 1. The number of amidine groups is 1. The van der Waals surface area contributed by atoms with Crippen LogP contribution in [-0.2, 0) is 9.59 Å². The molecule has 1 heterocycles. The van der Waals surface area contributed by atoms with Gasteiger partial charge < -0.3 is 10.1 Å². The molecule has 0 spiro atoms. The molecule has 6 nitrogen and oxygen atoms in total. The van der Waals surface area contributed by atoms with Gasteiger partial charge >= 0.3 is 0 Å². The van der Waals surface area contributed by atoms with Gasteiger partial charge in [-0.1, -0.05) is 36.9 Å². The number of anilines is 1. The Morgan fingerprint density at radius 3 is 2.57 bits per heavy atom. The van der Waals surface area contributed by atoms with Gasteiger partial charge in [-0.15, -0.1) is 0 Å². The number of hydrogen-bond donors (Lipinski definition) is 1. The molecule has 0 radical (unpaired) electrons. The lowest BCUT2D eigenvalue weighted by Crippen LogP contribution is -2.30. The molecule has 3 rings (SSSR count). The third-order valence-electron chi connectivity index (χ3n) is 4.10. The molecule has 1 fully saturated rings. The Morgan fingerprint density at radius 2 is 1.89 bits per heavy atom. The van der Waals surface area contributed by atoms with E-state index < -0.39 is 5.25 Å². The van der Waals surface area contributed by atoms with Gasteiger partial charge in [0.25, 0.3) is 0 Å². The number of rotatable bonds is 7. The summed E-state index contributed by atoms with van der Waals surface area (Å²) in [5.41, 5.74) is 1.45. The normalized spacial score (nSPS) is 17.8. The van der Waals surface area contributed by atoms with Crippen LogP contribution >= 0.6 is 11.8 Å². The second-order valence-corrected chi connectivity index (χ2v) is 7.53. The lowest BCUT2D eigenvalue weighted by molar-refractivity contribution is -0.127. The van der Waals surface area contributed by atoms with Crippen LogP contribution in [0.2, 0.25) is 0 Å². The second-order valence-electron chi connectivity index (χ2n) is 6.36. The quantitative estimate of drug-likeness (QED) is 0.765. The van der Waals surface area contributed by atoms with Crippen molar-refractivity contribution in [2.75, 3.05) is 19.0 Å². The van der Waals surface area contributed by atoms with E-state index in [0.717, 1.165) is 17.9 Å². The summed E-state index contributed by atoms with van der Waals surface area (Å²) in [5.74, 6) is 0.449. The minimum Gasteiger partial charge on any atom is -0.494 e. The van der Waals surface area contributed by atoms with E-state index in [-0.39, 0.29) is 18.2 Å². The first-order valence-electron chi connectivity index (χ1n) is 9.17. The van der Waals surface area contributed by atoms with Gasteiger partial charge in [0.05, 0.1) is 12.3 Å². The Morgan fingerprint density at radius 1 is 1.18 bits per heavy atom. The number of thioether (sulfide) groups is 1. The zero-order valence-corrected chi connectivity index (χ0v) is 16.7. The summed E-state index contributed by atoms with van der Waals surface area (Å²) in [7, 11) is 1.68. The summed E-state index contributed by atoms with van der Waals surface area (Å²) >= 11 is 1.32. The van der Waals surface area contributed by atoms with Crippen molar-refractivity contribution in [2.45, 2.75) is 25.0 Å². The van der Waals surface area contributed by atoms with Crippen molar-refractivity contribution in [1.29, 1.82) is 0 Å². The Kier molecular flexibility index (Phi) is 6.71. The first-order valence-corrected chi connectivity index (χ1v) is 10.1. The number of nitrogens with one attached hydrogen (secondary N) is 1. The zero-order valence-electron chi connectivity index (χ0n) is 15.9. The van der Waals surface area contributed by atoms with E-state index in [0.29, 0.717) is 17.5 Å². The average molecular weight is 398 g/mol. The van der Waals surface area contributed by atoms with Gasteiger partial charge in [-0.25, -0.2) is 4.99 Å². The van der Waals surface area contributed by atoms with Gasteiger partial charge in [-0.2, -0.15) is 0 Å². The van der Waals surface area contributed by atoms with Gasteiger partial charge in [-0.05, 0) is 42.8 Å². The Hall–Kier alpha value is -2.80. The van der Waals surface area contributed by atoms with Crippen LogP contribution in [0.5, 0.6) is 5.75 Å². The molecule has 1 aliphatic rings. The van der Waals surface area contributed by atoms with Crippen LogP contribution in [0, 0.1) is 0 Å². The highest BCUT2D eigenvalue weighted by Gasteiger charge is 2.36. The first kappa shape index (κ1) is 19.9. The predicted octanol–water partition coefficient (Wildman–Crippen LogP) is 4.07. The largest absolute Gasteiger partial charge is 0.494 e. The van der Waals surface area contributed by atoms with Crippen LogP contribution in [0.4, 0.5) is 11.4 Å². The van der Waals surface area contributed by atoms with Crippen molar-refractivity contribution < 1.29 is 14.3 Å². The maximum absolute atomic E-state index is 12.5. The molecule has 2 aromatic carbocycles. The molecule has 2 aromatic rings. The lowest BCUT2D eigenvalue weighted by Gasteiger charge is -2.10. The number of hydrogen-bond acceptors (Lipinski definition) is 5. The van der Waals surface area contributed by atoms with Crippen molar-refractivity contribution in [3.05, 3.63) is 54.6 Å². The smallest absolute Gasteiger partial charge is 0.242 e. The van der Waals surface area contributed by atoms with Gasteiger partial charge in [-0.3, -0.25) is 14.5 Å². The Labute approximate surface area is 169 Å². The highest BCUT2D eigenvalue weighted by Crippen LogP contribution is 2.30. The van der Waals surface area contributed by atoms with Crippen LogP contribution < -0.4 is 10.1 Å². The van der Waals surface area contributed by atoms with Crippen molar-refractivity contribution in [1.82, 2.24) is 4.90 Å². The van der Waals surface area contributed by atoms with E-state index in [1.54, 1.807) is 19.2 Å². The fourth-order valence-electron chi connectivity index (χ4n) is 2.65. The van der Waals surface area contributed by atoms with Gasteiger partial charge in [0.15, 0.2) is 5.17 Å². The lowest BCUT2D eigenvalue weighted by atomic mass is 10.2. The van der Waals surface area contributed by atoms with Crippen molar-refractivity contribution in [3.63, 3.8) is 0 Å². The summed E-state index contributed by atoms with van der Waals surface area (Å²) in [5, 5.41) is 2.96. The standard InChI is InChI=1S/C21H23N3O3S/c1-3-13-27-17-11-9-16(10-12-17)22-19(25)14-18-20(26)24(2)21(28-18)23-15-7-5-4-6-8-15/h4-12,18H,3,13-14H2,1-2H3,(H,22,25)/t18-/m0/s1. The number of benzene rings is 2. The molecule has 0 bridgehead atoms. The van der Waals surface area contributed by atoms with Crippen molar-refractivity contribution in [3.8, 4) is 5.75 Å². The van der Waals surface area contributed by atoms with Crippen LogP contribution in [0.15, 0.2) is 59.6 Å². The molecule has 28 heavy (non-hydrogen) atoms. The van der Waals surface area contributed by atoms with E-state index in [9.17, 15) is 9.59 Å². The van der Waals surface area contributed by atoms with E-state index in [1.165, 1.54) is 16.7 Å². The minimum atomic E-state index is -0.473. The van der Waals surface area contributed by atoms with Crippen molar-refractivity contribution >= 4 is 40.1 Å². The highest BCUT2D eigenvalue weighted by molar-refractivity contribution is 8.15. The fourth-order valence-corrected chi connectivity index (χ4v) is 3.80. The number of nitrogens with zero attached hydrogens (tertiary/aromatic N) is 2. The second kappa shape index (κ2) is 9.41. The molecule has 1 saturated heterocycles. The molecule has 0 saturated carbocycles. The minimum absolute atomic E-state index is 0.0930. The molecule has 1 N–H and O–H groups in total. The monoisotopic (exact) mass is 397 g/mol. The van der Waals surface area contributed by atoms with Crippen LogP contribution in [0.1, 0.15) is 19.8 Å².